The van der Waals surface area contributed by atoms with Crippen molar-refractivity contribution in [2.45, 2.75) is 13.5 Å². The number of thiazole rings is 1. The third-order valence-electron chi connectivity index (χ3n) is 2.51. The molecule has 0 bridgehead atoms. The van der Waals surface area contributed by atoms with Crippen LogP contribution in [0.15, 0.2) is 24.4 Å². The number of hydrogen-bond acceptors (Lipinski definition) is 5. The number of methoxy groups -OCH3 is 1. The number of aryl methyl sites for hydroxylation is 1. The Hall–Kier alpha value is -1.59. The molecule has 1 aromatic heterocycles. The van der Waals surface area contributed by atoms with E-state index in [-0.39, 0.29) is 0 Å². The lowest BCUT2D eigenvalue weighted by Crippen LogP contribution is -2.07. The number of carbonyl (C=O) groups is 1. The fourth-order valence-corrected chi connectivity index (χ4v) is 2.53. The van der Waals surface area contributed by atoms with E-state index in [1.807, 2.05) is 13.1 Å². The van der Waals surface area contributed by atoms with Gasteiger partial charge in [0.15, 0.2) is 0 Å². The van der Waals surface area contributed by atoms with Crippen LogP contribution in [0.4, 0.5) is 5.69 Å². The van der Waals surface area contributed by atoms with Crippen LogP contribution in [0.25, 0.3) is 0 Å². The lowest BCUT2D eigenvalue weighted by atomic mass is 10.2. The molecule has 6 heteroatoms. The summed E-state index contributed by atoms with van der Waals surface area (Å²) < 4.78 is 4.74. The van der Waals surface area contributed by atoms with E-state index in [9.17, 15) is 4.79 Å². The first-order valence-corrected chi connectivity index (χ1v) is 6.82. The highest BCUT2D eigenvalue weighted by molar-refractivity contribution is 7.11. The molecule has 0 spiro atoms. The summed E-state index contributed by atoms with van der Waals surface area (Å²) in [6, 6.07) is 5.09. The molecule has 0 atom stereocenters. The first-order chi connectivity index (χ1) is 9.10. The summed E-state index contributed by atoms with van der Waals surface area (Å²) in [4.78, 5) is 17.0. The maximum absolute atomic E-state index is 11.7. The molecule has 0 aliphatic heterocycles. The van der Waals surface area contributed by atoms with Gasteiger partial charge >= 0.3 is 5.97 Å². The van der Waals surface area contributed by atoms with Crippen molar-refractivity contribution in [3.63, 3.8) is 0 Å². The largest absolute Gasteiger partial charge is 0.465 e. The van der Waals surface area contributed by atoms with E-state index in [2.05, 4.69) is 10.3 Å². The second kappa shape index (κ2) is 6.04. The van der Waals surface area contributed by atoms with Crippen LogP contribution < -0.4 is 5.32 Å². The molecule has 0 aliphatic carbocycles. The zero-order chi connectivity index (χ0) is 13.8. The van der Waals surface area contributed by atoms with E-state index in [0.717, 1.165) is 9.88 Å². The predicted octanol–water partition coefficient (Wildman–Crippen LogP) is 3.50. The number of nitrogens with zero attached hydrogens (tertiary/aromatic N) is 1. The molecule has 1 aromatic carbocycles. The molecule has 0 saturated heterocycles. The van der Waals surface area contributed by atoms with E-state index in [1.54, 1.807) is 29.5 Å². The van der Waals surface area contributed by atoms with Crippen LogP contribution in [0, 0.1) is 6.92 Å². The van der Waals surface area contributed by atoms with Gasteiger partial charge in [0.05, 0.1) is 24.2 Å². The van der Waals surface area contributed by atoms with Gasteiger partial charge in [0.2, 0.25) is 0 Å². The maximum atomic E-state index is 11.7. The summed E-state index contributed by atoms with van der Waals surface area (Å²) in [7, 11) is 1.35. The van der Waals surface area contributed by atoms with Gasteiger partial charge in [-0.05, 0) is 25.1 Å². The Labute approximate surface area is 120 Å². The second-order valence-corrected chi connectivity index (χ2v) is 5.64. The number of esters is 1. The number of ether oxygens (including phenoxy) is 1. The van der Waals surface area contributed by atoms with Crippen molar-refractivity contribution in [3.8, 4) is 0 Å². The van der Waals surface area contributed by atoms with E-state index >= 15 is 0 Å². The molecule has 2 aromatic rings. The number of halogens is 1. The molecule has 1 heterocycles. The quantitative estimate of drug-likeness (QED) is 0.877. The van der Waals surface area contributed by atoms with Crippen LogP contribution in [0.1, 0.15) is 20.2 Å². The molecule has 4 nitrogen and oxygen atoms in total. The van der Waals surface area contributed by atoms with Crippen molar-refractivity contribution in [3.05, 3.63) is 44.9 Å². The molecular weight excluding hydrogens is 284 g/mol. The summed E-state index contributed by atoms with van der Waals surface area (Å²) in [5, 5.41) is 4.71. The molecule has 1 N–H and O–H groups in total. The van der Waals surface area contributed by atoms with Crippen molar-refractivity contribution in [1.82, 2.24) is 4.98 Å². The molecule has 0 amide bonds. The number of anilines is 1. The summed E-state index contributed by atoms with van der Waals surface area (Å²) in [6.45, 7) is 2.56. The number of hydrogen-bond donors (Lipinski definition) is 1. The number of benzene rings is 1. The van der Waals surface area contributed by atoms with Gasteiger partial charge in [0.25, 0.3) is 0 Å². The van der Waals surface area contributed by atoms with Crippen LogP contribution in [0.2, 0.25) is 5.02 Å². The van der Waals surface area contributed by atoms with Gasteiger partial charge in [-0.2, -0.15) is 0 Å². The first kappa shape index (κ1) is 13.8. The fourth-order valence-electron chi connectivity index (χ4n) is 1.62. The highest BCUT2D eigenvalue weighted by Crippen LogP contribution is 2.23. The van der Waals surface area contributed by atoms with Crippen LogP contribution in [0.3, 0.4) is 0 Å². The molecular formula is C13H13ClN2O2S. The first-order valence-electron chi connectivity index (χ1n) is 5.63. The van der Waals surface area contributed by atoms with Crippen molar-refractivity contribution in [1.29, 1.82) is 0 Å². The molecule has 19 heavy (non-hydrogen) atoms. The minimum atomic E-state index is -0.412. The van der Waals surface area contributed by atoms with Gasteiger partial charge in [-0.15, -0.1) is 11.3 Å². The van der Waals surface area contributed by atoms with Gasteiger partial charge in [-0.3, -0.25) is 0 Å². The van der Waals surface area contributed by atoms with Crippen LogP contribution in [-0.4, -0.2) is 18.1 Å². The molecule has 0 unspecified atom stereocenters. The minimum absolute atomic E-state index is 0.412. The lowest BCUT2D eigenvalue weighted by Gasteiger charge is -2.10. The van der Waals surface area contributed by atoms with Crippen molar-refractivity contribution in [2.75, 3.05) is 12.4 Å². The van der Waals surface area contributed by atoms with Crippen molar-refractivity contribution in [2.24, 2.45) is 0 Å². The average Bonchev–Trinajstić information content (AvgIpc) is 2.82. The highest BCUT2D eigenvalue weighted by atomic mass is 35.5. The molecule has 0 radical (unpaired) electrons. The highest BCUT2D eigenvalue weighted by Gasteiger charge is 2.12. The number of aromatic nitrogens is 1. The second-order valence-electron chi connectivity index (χ2n) is 3.88. The third kappa shape index (κ3) is 3.45. The Balaban J connectivity index is 2.17. The van der Waals surface area contributed by atoms with Crippen LogP contribution >= 0.6 is 22.9 Å². The fraction of sp³-hybridized carbons (Fsp3) is 0.231. The van der Waals surface area contributed by atoms with Gasteiger partial charge in [-0.1, -0.05) is 11.6 Å². The Morgan fingerprint density at radius 2 is 2.32 bits per heavy atom. The molecule has 0 fully saturated rings. The molecule has 0 saturated carbocycles. The Bertz CT molecular complexity index is 598. The maximum Gasteiger partial charge on any atom is 0.340 e. The number of rotatable bonds is 4. The zero-order valence-corrected chi connectivity index (χ0v) is 12.1. The summed E-state index contributed by atoms with van der Waals surface area (Å²) in [6.07, 6.45) is 1.82. The molecule has 0 aliphatic rings. The minimum Gasteiger partial charge on any atom is -0.465 e. The summed E-state index contributed by atoms with van der Waals surface area (Å²) in [5.41, 5.74) is 1.12. The Kier molecular flexibility index (Phi) is 4.39. The van der Waals surface area contributed by atoms with Gasteiger partial charge in [-0.25, -0.2) is 9.78 Å². The number of carbonyl (C=O) groups excluding carboxylic acids is 1. The normalized spacial score (nSPS) is 10.3. The van der Waals surface area contributed by atoms with E-state index in [0.29, 0.717) is 22.8 Å². The van der Waals surface area contributed by atoms with E-state index in [1.165, 1.54) is 7.11 Å². The Morgan fingerprint density at radius 1 is 1.53 bits per heavy atom. The van der Waals surface area contributed by atoms with Gasteiger partial charge < -0.3 is 10.1 Å². The number of nitrogens with one attached hydrogen (secondary N) is 1. The lowest BCUT2D eigenvalue weighted by molar-refractivity contribution is 0.0602. The average molecular weight is 297 g/mol. The SMILES string of the molecule is COC(=O)c1cc(Cl)ccc1NCc1cnc(C)s1. The van der Waals surface area contributed by atoms with Crippen LogP contribution in [0.5, 0.6) is 0 Å². The predicted molar refractivity (Wildman–Crippen MR) is 77.0 cm³/mol. The van der Waals surface area contributed by atoms with Gasteiger partial charge in [0.1, 0.15) is 0 Å². The van der Waals surface area contributed by atoms with E-state index in [4.69, 9.17) is 16.3 Å². The summed E-state index contributed by atoms with van der Waals surface area (Å²) >= 11 is 7.51. The van der Waals surface area contributed by atoms with Crippen molar-refractivity contribution >= 4 is 34.6 Å². The Morgan fingerprint density at radius 3 is 2.95 bits per heavy atom. The summed E-state index contributed by atoms with van der Waals surface area (Å²) in [5.74, 6) is -0.412. The zero-order valence-electron chi connectivity index (χ0n) is 10.6. The van der Waals surface area contributed by atoms with Gasteiger partial charge in [0, 0.05) is 21.8 Å². The smallest absolute Gasteiger partial charge is 0.340 e. The van der Waals surface area contributed by atoms with Crippen LogP contribution in [-0.2, 0) is 11.3 Å². The topological polar surface area (TPSA) is 51.2 Å². The standard InChI is InChI=1S/C13H13ClN2O2S/c1-8-15-6-10(19-8)7-16-12-4-3-9(14)5-11(12)13(17)18-2/h3-6,16H,7H2,1-2H3. The third-order valence-corrected chi connectivity index (χ3v) is 3.66. The van der Waals surface area contributed by atoms with Crippen molar-refractivity contribution < 1.29 is 9.53 Å². The van der Waals surface area contributed by atoms with E-state index < -0.39 is 5.97 Å². The molecule has 100 valence electrons. The monoisotopic (exact) mass is 296 g/mol. The molecule has 2 rings (SSSR count).